The van der Waals surface area contributed by atoms with E-state index < -0.39 is 6.10 Å². The van der Waals surface area contributed by atoms with Gasteiger partial charge >= 0.3 is 0 Å². The fraction of sp³-hybridized carbons (Fsp3) is 0.467. The second kappa shape index (κ2) is 5.01. The van der Waals surface area contributed by atoms with E-state index in [0.29, 0.717) is 11.5 Å². The molecule has 0 aromatic heterocycles. The second-order valence-corrected chi connectivity index (χ2v) is 5.19. The molecule has 0 aliphatic heterocycles. The third-order valence-corrected chi connectivity index (χ3v) is 3.46. The molecule has 0 spiro atoms. The van der Waals surface area contributed by atoms with E-state index >= 15 is 0 Å². The number of halogens is 1. The normalized spacial score (nSPS) is 26.5. The first kappa shape index (κ1) is 12.3. The Morgan fingerprint density at radius 2 is 2.18 bits per heavy atom. The van der Waals surface area contributed by atoms with Gasteiger partial charge in [-0.15, -0.1) is 0 Å². The predicted molar refractivity (Wildman–Crippen MR) is 67.0 cm³/mol. The quantitative estimate of drug-likeness (QED) is 0.770. The maximum absolute atomic E-state index is 13.1. The minimum atomic E-state index is -0.559. The number of aliphatic hydroxyl groups excluding tert-OH is 1. The standard InChI is InChI=1S/C15H19FO/c1-10-6-11(2)8-13(7-10)15(17)12-4-3-5-14(16)9-12/h3-6,9-10,13,15,17H,7-8H2,1-2H3. The number of allylic oxidation sites excluding steroid dienone is 2. The summed E-state index contributed by atoms with van der Waals surface area (Å²) in [6.07, 6.45) is 3.57. The van der Waals surface area contributed by atoms with E-state index in [-0.39, 0.29) is 11.7 Å². The van der Waals surface area contributed by atoms with Crippen LogP contribution in [-0.4, -0.2) is 5.11 Å². The molecule has 0 radical (unpaired) electrons. The van der Waals surface area contributed by atoms with Crippen molar-refractivity contribution in [2.75, 3.05) is 0 Å². The summed E-state index contributed by atoms with van der Waals surface area (Å²) in [4.78, 5) is 0. The molecule has 0 bridgehead atoms. The zero-order valence-electron chi connectivity index (χ0n) is 10.4. The molecule has 0 fully saturated rings. The molecule has 2 rings (SSSR count). The van der Waals surface area contributed by atoms with E-state index in [4.69, 9.17) is 0 Å². The smallest absolute Gasteiger partial charge is 0.123 e. The van der Waals surface area contributed by atoms with E-state index in [1.54, 1.807) is 12.1 Å². The van der Waals surface area contributed by atoms with Crippen molar-refractivity contribution in [3.05, 3.63) is 47.3 Å². The number of hydrogen-bond acceptors (Lipinski definition) is 1. The van der Waals surface area contributed by atoms with Crippen molar-refractivity contribution in [1.29, 1.82) is 0 Å². The van der Waals surface area contributed by atoms with Gasteiger partial charge < -0.3 is 5.11 Å². The molecule has 2 heteroatoms. The summed E-state index contributed by atoms with van der Waals surface area (Å²) in [6.45, 7) is 4.26. The molecule has 92 valence electrons. The van der Waals surface area contributed by atoms with Gasteiger partial charge in [-0.1, -0.05) is 30.7 Å². The van der Waals surface area contributed by atoms with Crippen molar-refractivity contribution in [2.24, 2.45) is 11.8 Å². The molecular formula is C15H19FO. The van der Waals surface area contributed by atoms with E-state index in [0.717, 1.165) is 12.8 Å². The molecule has 1 N–H and O–H groups in total. The molecular weight excluding hydrogens is 215 g/mol. The van der Waals surface area contributed by atoms with Gasteiger partial charge in [-0.2, -0.15) is 0 Å². The van der Waals surface area contributed by atoms with Crippen LogP contribution in [0.1, 0.15) is 38.4 Å². The summed E-state index contributed by atoms with van der Waals surface area (Å²) in [7, 11) is 0. The minimum absolute atomic E-state index is 0.205. The monoisotopic (exact) mass is 234 g/mol. The van der Waals surface area contributed by atoms with E-state index in [2.05, 4.69) is 19.9 Å². The second-order valence-electron chi connectivity index (χ2n) is 5.19. The average molecular weight is 234 g/mol. The Labute approximate surface area is 102 Å². The van der Waals surface area contributed by atoms with Crippen LogP contribution in [0, 0.1) is 17.7 Å². The maximum Gasteiger partial charge on any atom is 0.123 e. The van der Waals surface area contributed by atoms with Gasteiger partial charge in [0.25, 0.3) is 0 Å². The highest BCUT2D eigenvalue weighted by molar-refractivity contribution is 5.21. The largest absolute Gasteiger partial charge is 0.388 e. The zero-order chi connectivity index (χ0) is 12.4. The van der Waals surface area contributed by atoms with Crippen molar-refractivity contribution >= 4 is 0 Å². The molecule has 0 saturated heterocycles. The highest BCUT2D eigenvalue weighted by Crippen LogP contribution is 2.36. The Hall–Kier alpha value is -1.15. The van der Waals surface area contributed by atoms with Gasteiger partial charge in [0.1, 0.15) is 5.82 Å². The Kier molecular flexibility index (Phi) is 3.63. The molecule has 3 unspecified atom stereocenters. The van der Waals surface area contributed by atoms with Gasteiger partial charge in [-0.05, 0) is 49.3 Å². The van der Waals surface area contributed by atoms with Crippen LogP contribution in [0.15, 0.2) is 35.9 Å². The van der Waals surface area contributed by atoms with Gasteiger partial charge in [-0.3, -0.25) is 0 Å². The average Bonchev–Trinajstić information content (AvgIpc) is 2.26. The molecule has 17 heavy (non-hydrogen) atoms. The van der Waals surface area contributed by atoms with Crippen LogP contribution in [0.25, 0.3) is 0 Å². The molecule has 0 heterocycles. The van der Waals surface area contributed by atoms with Crippen LogP contribution in [0.5, 0.6) is 0 Å². The molecule has 3 atom stereocenters. The Morgan fingerprint density at radius 1 is 1.41 bits per heavy atom. The van der Waals surface area contributed by atoms with Crippen molar-refractivity contribution in [2.45, 2.75) is 32.8 Å². The molecule has 1 nitrogen and oxygen atoms in total. The van der Waals surface area contributed by atoms with Crippen molar-refractivity contribution in [1.82, 2.24) is 0 Å². The van der Waals surface area contributed by atoms with Gasteiger partial charge in [-0.25, -0.2) is 4.39 Å². The summed E-state index contributed by atoms with van der Waals surface area (Å²) in [5.74, 6) is 0.423. The fourth-order valence-corrected chi connectivity index (χ4v) is 2.80. The molecule has 1 aromatic rings. The molecule has 0 saturated carbocycles. The third kappa shape index (κ3) is 2.95. The highest BCUT2D eigenvalue weighted by Gasteiger charge is 2.26. The van der Waals surface area contributed by atoms with E-state index in [9.17, 15) is 9.50 Å². The van der Waals surface area contributed by atoms with Gasteiger partial charge in [0.2, 0.25) is 0 Å². The first-order valence-electron chi connectivity index (χ1n) is 6.17. The lowest BCUT2D eigenvalue weighted by atomic mass is 9.79. The van der Waals surface area contributed by atoms with Crippen molar-refractivity contribution < 1.29 is 9.50 Å². The first-order chi connectivity index (χ1) is 8.06. The summed E-state index contributed by atoms with van der Waals surface area (Å²) in [5.41, 5.74) is 2.01. The van der Waals surface area contributed by atoms with Gasteiger partial charge in [0.05, 0.1) is 6.10 Å². The number of rotatable bonds is 2. The van der Waals surface area contributed by atoms with E-state index in [1.165, 1.54) is 17.7 Å². The lowest BCUT2D eigenvalue weighted by Crippen LogP contribution is -2.19. The predicted octanol–water partition coefficient (Wildman–Crippen LogP) is 3.85. The molecule has 1 aromatic carbocycles. The van der Waals surface area contributed by atoms with E-state index in [1.807, 2.05) is 0 Å². The van der Waals surface area contributed by atoms with Crippen molar-refractivity contribution in [3.8, 4) is 0 Å². The number of benzene rings is 1. The topological polar surface area (TPSA) is 20.2 Å². The third-order valence-electron chi connectivity index (χ3n) is 3.46. The maximum atomic E-state index is 13.1. The van der Waals surface area contributed by atoms with Crippen LogP contribution in [0.2, 0.25) is 0 Å². The summed E-state index contributed by atoms with van der Waals surface area (Å²) < 4.78 is 13.1. The lowest BCUT2D eigenvalue weighted by Gasteiger charge is -2.29. The van der Waals surface area contributed by atoms with Crippen LogP contribution < -0.4 is 0 Å². The lowest BCUT2D eigenvalue weighted by molar-refractivity contribution is 0.0929. The first-order valence-corrected chi connectivity index (χ1v) is 6.17. The minimum Gasteiger partial charge on any atom is -0.388 e. The zero-order valence-corrected chi connectivity index (χ0v) is 10.4. The summed E-state index contributed by atoms with van der Waals surface area (Å²) in [5, 5.41) is 10.3. The number of aliphatic hydroxyl groups is 1. The summed E-state index contributed by atoms with van der Waals surface area (Å²) >= 11 is 0. The molecule has 1 aliphatic rings. The Balaban J connectivity index is 2.15. The van der Waals surface area contributed by atoms with Crippen LogP contribution in [-0.2, 0) is 0 Å². The molecule has 1 aliphatic carbocycles. The van der Waals surface area contributed by atoms with Gasteiger partial charge in [0, 0.05) is 0 Å². The number of hydrogen-bond donors (Lipinski definition) is 1. The highest BCUT2D eigenvalue weighted by atomic mass is 19.1. The van der Waals surface area contributed by atoms with Crippen LogP contribution in [0.3, 0.4) is 0 Å². The SMILES string of the molecule is CC1=CC(C)CC(C(O)c2cccc(F)c2)C1. The van der Waals surface area contributed by atoms with Crippen molar-refractivity contribution in [3.63, 3.8) is 0 Å². The fourth-order valence-electron chi connectivity index (χ4n) is 2.80. The Morgan fingerprint density at radius 3 is 2.82 bits per heavy atom. The van der Waals surface area contributed by atoms with Crippen LogP contribution >= 0.6 is 0 Å². The van der Waals surface area contributed by atoms with Crippen LogP contribution in [0.4, 0.5) is 4.39 Å². The summed E-state index contributed by atoms with van der Waals surface area (Å²) in [6, 6.07) is 6.29. The Bertz CT molecular complexity index is 425. The molecule has 0 amide bonds. The van der Waals surface area contributed by atoms with Gasteiger partial charge in [0.15, 0.2) is 0 Å².